The molecule has 1 aromatic carbocycles. The quantitative estimate of drug-likeness (QED) is 0.787. The summed E-state index contributed by atoms with van der Waals surface area (Å²) in [6.07, 6.45) is 0. The Morgan fingerprint density at radius 2 is 2.15 bits per heavy atom. The van der Waals surface area contributed by atoms with Gasteiger partial charge in [0.05, 0.1) is 4.88 Å². The number of nitrogens with one attached hydrogen (secondary N) is 1. The van der Waals surface area contributed by atoms with Gasteiger partial charge in [0.2, 0.25) is 5.13 Å². The largest absolute Gasteiger partial charge is 0.297 e. The van der Waals surface area contributed by atoms with Gasteiger partial charge in [0.25, 0.3) is 5.91 Å². The zero-order valence-electron chi connectivity index (χ0n) is 10.0. The van der Waals surface area contributed by atoms with Gasteiger partial charge in [0.15, 0.2) is 5.82 Å². The molecule has 1 amide bonds. The topological polar surface area (TPSA) is 54.9 Å². The minimum absolute atomic E-state index is 0.249. The summed E-state index contributed by atoms with van der Waals surface area (Å²) in [5.74, 6) is 0.382. The number of thiophene rings is 1. The van der Waals surface area contributed by atoms with Crippen molar-refractivity contribution < 1.29 is 4.79 Å². The summed E-state index contributed by atoms with van der Waals surface area (Å²) in [7, 11) is 0. The van der Waals surface area contributed by atoms with Crippen molar-refractivity contribution in [3.05, 3.63) is 52.4 Å². The molecule has 0 aliphatic rings. The Morgan fingerprint density at radius 1 is 1.25 bits per heavy atom. The molecule has 3 rings (SSSR count). The number of hydrogen-bond acceptors (Lipinski definition) is 5. The van der Waals surface area contributed by atoms with E-state index in [0.29, 0.717) is 21.5 Å². The van der Waals surface area contributed by atoms with Crippen molar-refractivity contribution in [2.75, 3.05) is 5.32 Å². The summed E-state index contributed by atoms with van der Waals surface area (Å²) >= 11 is 8.57. The molecule has 1 N–H and O–H groups in total. The summed E-state index contributed by atoms with van der Waals surface area (Å²) in [5.41, 5.74) is 0.491. The van der Waals surface area contributed by atoms with Crippen LogP contribution in [0.5, 0.6) is 0 Å². The van der Waals surface area contributed by atoms with Crippen molar-refractivity contribution in [3.63, 3.8) is 0 Å². The van der Waals surface area contributed by atoms with E-state index in [1.165, 1.54) is 0 Å². The summed E-state index contributed by atoms with van der Waals surface area (Å²) < 4.78 is 4.22. The molecule has 4 nitrogen and oxygen atoms in total. The van der Waals surface area contributed by atoms with Crippen molar-refractivity contribution in [2.45, 2.75) is 0 Å². The second-order valence-corrected chi connectivity index (χ2v) is 6.00. The molecular weight excluding hydrogens is 314 g/mol. The summed E-state index contributed by atoms with van der Waals surface area (Å²) in [6, 6.07) is 10.6. The lowest BCUT2D eigenvalue weighted by atomic mass is 10.2. The number of rotatable bonds is 3. The molecule has 0 aliphatic carbocycles. The van der Waals surface area contributed by atoms with E-state index in [-0.39, 0.29) is 5.91 Å². The molecular formula is C13H8ClN3OS2. The standard InChI is InChI=1S/C13H8ClN3OS2/c14-9-4-1-3-8(7-9)12(18)16-13-15-11(17-20-13)10-5-2-6-19-10/h1-7H,(H,15,16,17,18). The van der Waals surface area contributed by atoms with E-state index in [1.807, 2.05) is 17.5 Å². The minimum Gasteiger partial charge on any atom is -0.297 e. The maximum Gasteiger partial charge on any atom is 0.257 e. The van der Waals surface area contributed by atoms with Crippen molar-refractivity contribution in [1.29, 1.82) is 0 Å². The lowest BCUT2D eigenvalue weighted by Crippen LogP contribution is -2.11. The zero-order chi connectivity index (χ0) is 13.9. The summed E-state index contributed by atoms with van der Waals surface area (Å²) in [4.78, 5) is 17.3. The van der Waals surface area contributed by atoms with Gasteiger partial charge >= 0.3 is 0 Å². The molecule has 100 valence electrons. The van der Waals surface area contributed by atoms with Gasteiger partial charge in [0.1, 0.15) is 0 Å². The van der Waals surface area contributed by atoms with Crippen LogP contribution in [0.1, 0.15) is 10.4 Å². The summed E-state index contributed by atoms with van der Waals surface area (Å²) in [6.45, 7) is 0. The lowest BCUT2D eigenvalue weighted by molar-refractivity contribution is 0.102. The van der Waals surface area contributed by atoms with Gasteiger partial charge in [-0.05, 0) is 29.6 Å². The van der Waals surface area contributed by atoms with Gasteiger partial charge < -0.3 is 0 Å². The SMILES string of the molecule is O=C(Nc1nc(-c2cccs2)ns1)c1cccc(Cl)c1. The molecule has 7 heteroatoms. The van der Waals surface area contributed by atoms with E-state index in [9.17, 15) is 4.79 Å². The molecule has 0 aliphatic heterocycles. The van der Waals surface area contributed by atoms with Gasteiger partial charge in [-0.25, -0.2) is 0 Å². The average molecular weight is 322 g/mol. The summed E-state index contributed by atoms with van der Waals surface area (Å²) in [5, 5.41) is 5.67. The predicted octanol–water partition coefficient (Wildman–Crippen LogP) is 4.17. The zero-order valence-corrected chi connectivity index (χ0v) is 12.4. The smallest absolute Gasteiger partial charge is 0.257 e. The molecule has 0 fully saturated rings. The second kappa shape index (κ2) is 5.70. The Kier molecular flexibility index (Phi) is 3.77. The fourth-order valence-electron chi connectivity index (χ4n) is 1.58. The van der Waals surface area contributed by atoms with E-state index >= 15 is 0 Å². The molecule has 0 radical (unpaired) electrons. The van der Waals surface area contributed by atoms with E-state index in [0.717, 1.165) is 16.4 Å². The minimum atomic E-state index is -0.249. The molecule has 0 bridgehead atoms. The van der Waals surface area contributed by atoms with Crippen molar-refractivity contribution in [1.82, 2.24) is 9.36 Å². The first-order valence-corrected chi connectivity index (χ1v) is 7.70. The third kappa shape index (κ3) is 2.87. The van der Waals surface area contributed by atoms with Crippen LogP contribution in [0.2, 0.25) is 5.02 Å². The number of anilines is 1. The van der Waals surface area contributed by atoms with Gasteiger partial charge in [-0.2, -0.15) is 9.36 Å². The average Bonchev–Trinajstić information content (AvgIpc) is 3.08. The van der Waals surface area contributed by atoms with Crippen LogP contribution in [-0.2, 0) is 0 Å². The van der Waals surface area contributed by atoms with Gasteiger partial charge in [-0.15, -0.1) is 11.3 Å². The molecule has 0 saturated carbocycles. The normalized spacial score (nSPS) is 10.4. The first kappa shape index (κ1) is 13.2. The van der Waals surface area contributed by atoms with Crippen LogP contribution in [0.3, 0.4) is 0 Å². The predicted molar refractivity (Wildman–Crippen MR) is 82.6 cm³/mol. The van der Waals surface area contributed by atoms with E-state index < -0.39 is 0 Å². The highest BCUT2D eigenvalue weighted by molar-refractivity contribution is 7.14. The van der Waals surface area contributed by atoms with Crippen molar-refractivity contribution in [2.24, 2.45) is 0 Å². The highest BCUT2D eigenvalue weighted by Gasteiger charge is 2.11. The third-order valence-corrected chi connectivity index (χ3v) is 4.21. The van der Waals surface area contributed by atoms with Crippen molar-refractivity contribution in [3.8, 4) is 10.7 Å². The molecule has 2 heterocycles. The van der Waals surface area contributed by atoms with E-state index in [2.05, 4.69) is 14.7 Å². The Hall–Kier alpha value is -1.76. The second-order valence-electron chi connectivity index (χ2n) is 3.86. The third-order valence-electron chi connectivity index (χ3n) is 2.47. The van der Waals surface area contributed by atoms with Crippen LogP contribution in [0.15, 0.2) is 41.8 Å². The number of carbonyl (C=O) groups excluding carboxylic acids is 1. The van der Waals surface area contributed by atoms with Gasteiger partial charge in [-0.1, -0.05) is 23.7 Å². The maximum absolute atomic E-state index is 12.0. The Bertz CT molecular complexity index is 740. The van der Waals surface area contributed by atoms with E-state index in [4.69, 9.17) is 11.6 Å². The van der Waals surface area contributed by atoms with Crippen LogP contribution < -0.4 is 5.32 Å². The number of aromatic nitrogens is 2. The number of benzene rings is 1. The number of carbonyl (C=O) groups is 1. The number of amides is 1. The van der Waals surface area contributed by atoms with E-state index in [1.54, 1.807) is 35.6 Å². The molecule has 0 unspecified atom stereocenters. The fourth-order valence-corrected chi connectivity index (χ4v) is 3.06. The molecule has 0 atom stereocenters. The molecule has 2 aromatic heterocycles. The first-order valence-electron chi connectivity index (χ1n) is 5.67. The highest BCUT2D eigenvalue weighted by Crippen LogP contribution is 2.25. The fraction of sp³-hybridized carbons (Fsp3) is 0. The van der Waals surface area contributed by atoms with Crippen LogP contribution in [-0.4, -0.2) is 15.3 Å². The van der Waals surface area contributed by atoms with Gasteiger partial charge in [-0.3, -0.25) is 10.1 Å². The highest BCUT2D eigenvalue weighted by atomic mass is 35.5. The molecule has 0 spiro atoms. The van der Waals surface area contributed by atoms with Crippen LogP contribution in [0.4, 0.5) is 5.13 Å². The maximum atomic E-state index is 12.0. The monoisotopic (exact) mass is 321 g/mol. The molecule has 0 saturated heterocycles. The Morgan fingerprint density at radius 3 is 2.90 bits per heavy atom. The lowest BCUT2D eigenvalue weighted by Gasteiger charge is -2.01. The van der Waals surface area contributed by atoms with Gasteiger partial charge in [0, 0.05) is 22.1 Å². The van der Waals surface area contributed by atoms with Crippen LogP contribution in [0.25, 0.3) is 10.7 Å². The van der Waals surface area contributed by atoms with Crippen LogP contribution in [0, 0.1) is 0 Å². The Balaban J connectivity index is 1.77. The van der Waals surface area contributed by atoms with Crippen LogP contribution >= 0.6 is 34.5 Å². The van der Waals surface area contributed by atoms with Crippen molar-refractivity contribution >= 4 is 45.5 Å². The molecule has 20 heavy (non-hydrogen) atoms. The molecule has 3 aromatic rings. The number of hydrogen-bond donors (Lipinski definition) is 1. The Labute approximate surface area is 128 Å². The number of halogens is 1. The number of nitrogens with zero attached hydrogens (tertiary/aromatic N) is 2. The first-order chi connectivity index (χ1) is 9.72.